The fourth-order valence-electron chi connectivity index (χ4n) is 10.2. The van der Waals surface area contributed by atoms with E-state index < -0.39 is 20.0 Å². The molecule has 10 heteroatoms. The molecule has 3 unspecified atom stereocenters. The second-order valence-electron chi connectivity index (χ2n) is 25.4. The number of hydrogen-bond donors (Lipinski definition) is 2. The summed E-state index contributed by atoms with van der Waals surface area (Å²) >= 11 is 0. The first-order valence-corrected chi connectivity index (χ1v) is 37.7. The number of carbonyl (C=O) groups is 2. The smallest absolute Gasteiger partial charge is 0.456 e. The van der Waals surface area contributed by atoms with Crippen LogP contribution in [0.5, 0.6) is 0 Å². The van der Waals surface area contributed by atoms with Gasteiger partial charge in [0.25, 0.3) is 0 Å². The minimum Gasteiger partial charge on any atom is -0.456 e. The summed E-state index contributed by atoms with van der Waals surface area (Å²) in [4.78, 5) is 38.0. The molecule has 0 aliphatic rings. The lowest BCUT2D eigenvalue weighted by Gasteiger charge is -2.27. The molecule has 0 aromatic heterocycles. The van der Waals surface area contributed by atoms with Crippen LogP contribution >= 0.6 is 7.82 Å². The Morgan fingerprint density at radius 2 is 0.736 bits per heavy atom. The Balaban J connectivity index is 5.12. The summed E-state index contributed by atoms with van der Waals surface area (Å²) in [5.41, 5.74) is 0. The van der Waals surface area contributed by atoms with Crippen molar-refractivity contribution in [2.75, 3.05) is 40.9 Å². The van der Waals surface area contributed by atoms with E-state index in [4.69, 9.17) is 13.8 Å². The van der Waals surface area contributed by atoms with Gasteiger partial charge in [0.05, 0.1) is 33.8 Å². The number of quaternary nitrogens is 1. The lowest BCUT2D eigenvalue weighted by molar-refractivity contribution is -0.870. The summed E-state index contributed by atoms with van der Waals surface area (Å²) in [6.07, 6.45) is 90.9. The molecule has 0 aromatic carbocycles. The number of rotatable bonds is 65. The molecule has 0 heterocycles. The quantitative estimate of drug-likeness (QED) is 0.0205. The molecule has 1 amide bonds. The van der Waals surface area contributed by atoms with Gasteiger partial charge in [-0.1, -0.05) is 297 Å². The van der Waals surface area contributed by atoms with Crippen molar-refractivity contribution < 1.29 is 37.3 Å². The van der Waals surface area contributed by atoms with Crippen LogP contribution in [0.3, 0.4) is 0 Å². The van der Waals surface area contributed by atoms with E-state index in [0.29, 0.717) is 17.4 Å². The summed E-state index contributed by atoms with van der Waals surface area (Å²) < 4.78 is 30.9. The van der Waals surface area contributed by atoms with Crippen LogP contribution in [0.15, 0.2) is 109 Å². The monoisotopic (exact) mass is 1230 g/mol. The maximum Gasteiger partial charge on any atom is 0.472 e. The molecule has 0 saturated heterocycles. The Labute approximate surface area is 538 Å². The maximum absolute atomic E-state index is 13.6. The Kier molecular flexibility index (Phi) is 63.1. The van der Waals surface area contributed by atoms with Crippen LogP contribution in [0, 0.1) is 0 Å². The number of nitrogens with zero attached hydrogens (tertiary/aromatic N) is 1. The number of esters is 1. The Morgan fingerprint density at radius 3 is 1.13 bits per heavy atom. The van der Waals surface area contributed by atoms with Gasteiger partial charge in [-0.25, -0.2) is 4.57 Å². The van der Waals surface area contributed by atoms with Crippen molar-refractivity contribution >= 4 is 19.7 Å². The van der Waals surface area contributed by atoms with Crippen molar-refractivity contribution in [1.29, 1.82) is 0 Å². The first-order chi connectivity index (χ1) is 42.4. The van der Waals surface area contributed by atoms with Crippen molar-refractivity contribution in [3.63, 3.8) is 0 Å². The molecule has 0 radical (unpaired) electrons. The SMILES string of the molecule is CC/C=C\C/C=C\C/C=C\C/C=C\C/C=C\CCCCCCCCCC(=O)OC(/C=C/CCCCCCCCCCCCC)C(COP(=O)(O)OCC[N+](C)(C)C)NC(=O)CCCCCCCCCCCCCC/C=C\C/C=C\C/C=C\CCCCC. The highest BCUT2D eigenvalue weighted by atomic mass is 31.2. The van der Waals surface area contributed by atoms with Gasteiger partial charge in [0.1, 0.15) is 19.3 Å². The second-order valence-corrected chi connectivity index (χ2v) is 26.8. The molecule has 502 valence electrons. The highest BCUT2D eigenvalue weighted by molar-refractivity contribution is 7.47. The average molecular weight is 1230 g/mol. The van der Waals surface area contributed by atoms with Crippen molar-refractivity contribution in [3.05, 3.63) is 109 Å². The summed E-state index contributed by atoms with van der Waals surface area (Å²) in [6.45, 7) is 6.89. The number of likely N-dealkylation sites (N-methyl/N-ethyl adjacent to an activating group) is 1. The molecule has 2 N–H and O–H groups in total. The molecule has 0 rings (SSSR count). The van der Waals surface area contributed by atoms with Gasteiger partial charge in [-0.15, -0.1) is 0 Å². The summed E-state index contributed by atoms with van der Waals surface area (Å²) in [6, 6.07) is -0.862. The fourth-order valence-corrected chi connectivity index (χ4v) is 10.9. The van der Waals surface area contributed by atoms with Crippen LogP contribution in [-0.2, 0) is 27.9 Å². The Morgan fingerprint density at radius 1 is 0.414 bits per heavy atom. The zero-order valence-electron chi connectivity index (χ0n) is 57.5. The number of hydrogen-bond acceptors (Lipinski definition) is 6. The zero-order chi connectivity index (χ0) is 63.5. The summed E-state index contributed by atoms with van der Waals surface area (Å²) in [5, 5.41) is 3.07. The number of phosphoric ester groups is 1. The van der Waals surface area contributed by atoms with Gasteiger partial charge in [0.15, 0.2) is 0 Å². The molecule has 3 atom stereocenters. The highest BCUT2D eigenvalue weighted by Gasteiger charge is 2.30. The summed E-state index contributed by atoms with van der Waals surface area (Å²) in [5.74, 6) is -0.517. The van der Waals surface area contributed by atoms with E-state index >= 15 is 0 Å². The largest absolute Gasteiger partial charge is 0.472 e. The van der Waals surface area contributed by atoms with Gasteiger partial charge in [0.2, 0.25) is 5.91 Å². The first kappa shape index (κ1) is 83.7. The molecule has 0 fully saturated rings. The first-order valence-electron chi connectivity index (χ1n) is 36.2. The molecular weight excluding hydrogens is 1100 g/mol. The van der Waals surface area contributed by atoms with Gasteiger partial charge in [-0.2, -0.15) is 0 Å². The topological polar surface area (TPSA) is 111 Å². The lowest BCUT2D eigenvalue weighted by Crippen LogP contribution is -2.47. The number of ether oxygens (including phenoxy) is 1. The molecule has 87 heavy (non-hydrogen) atoms. The molecule has 0 aliphatic carbocycles. The third-order valence-electron chi connectivity index (χ3n) is 15.7. The average Bonchev–Trinajstić information content (AvgIpc) is 3.70. The van der Waals surface area contributed by atoms with Crippen LogP contribution in [0.25, 0.3) is 0 Å². The molecular formula is C77H138N2O7P+. The van der Waals surface area contributed by atoms with Gasteiger partial charge < -0.3 is 19.4 Å². The predicted molar refractivity (Wildman–Crippen MR) is 378 cm³/mol. The van der Waals surface area contributed by atoms with Crippen molar-refractivity contribution in [2.24, 2.45) is 0 Å². The number of allylic oxidation sites excluding steroid dienone is 17. The number of phosphoric acid groups is 1. The molecule has 0 aliphatic heterocycles. The minimum atomic E-state index is -4.47. The molecule has 0 spiro atoms. The van der Waals surface area contributed by atoms with E-state index in [0.717, 1.165) is 116 Å². The van der Waals surface area contributed by atoms with Gasteiger partial charge in [0, 0.05) is 12.8 Å². The minimum absolute atomic E-state index is 0.0336. The highest BCUT2D eigenvalue weighted by Crippen LogP contribution is 2.43. The zero-order valence-corrected chi connectivity index (χ0v) is 58.4. The normalized spacial score (nSPS) is 14.1. The third-order valence-corrected chi connectivity index (χ3v) is 16.7. The van der Waals surface area contributed by atoms with Crippen molar-refractivity contribution in [1.82, 2.24) is 5.32 Å². The van der Waals surface area contributed by atoms with Gasteiger partial charge >= 0.3 is 13.8 Å². The van der Waals surface area contributed by atoms with Crippen LogP contribution < -0.4 is 5.32 Å². The molecule has 0 bridgehead atoms. The fraction of sp³-hybridized carbons (Fsp3) is 0.740. The number of amides is 1. The number of carbonyl (C=O) groups excluding carboxylic acids is 2. The Hall–Kier alpha value is -3.33. The summed E-state index contributed by atoms with van der Waals surface area (Å²) in [7, 11) is 1.48. The van der Waals surface area contributed by atoms with Gasteiger partial charge in [-0.3, -0.25) is 18.6 Å². The van der Waals surface area contributed by atoms with E-state index in [1.54, 1.807) is 0 Å². The van der Waals surface area contributed by atoms with Crippen LogP contribution in [0.2, 0.25) is 0 Å². The maximum atomic E-state index is 13.6. The molecule has 0 aromatic rings. The Bertz CT molecular complexity index is 1860. The van der Waals surface area contributed by atoms with E-state index in [-0.39, 0.29) is 31.5 Å². The molecule has 9 nitrogen and oxygen atoms in total. The van der Waals surface area contributed by atoms with Crippen LogP contribution in [-0.4, -0.2) is 74.3 Å². The van der Waals surface area contributed by atoms with Crippen LogP contribution in [0.1, 0.15) is 316 Å². The predicted octanol–water partition coefficient (Wildman–Crippen LogP) is 23.2. The number of nitrogens with one attached hydrogen (secondary N) is 1. The van der Waals surface area contributed by atoms with Crippen molar-refractivity contribution in [3.8, 4) is 0 Å². The van der Waals surface area contributed by atoms with E-state index in [1.807, 2.05) is 33.3 Å². The van der Waals surface area contributed by atoms with E-state index in [9.17, 15) is 19.0 Å². The lowest BCUT2D eigenvalue weighted by atomic mass is 10.0. The molecule has 0 saturated carbocycles. The van der Waals surface area contributed by atoms with E-state index in [1.165, 1.54) is 167 Å². The van der Waals surface area contributed by atoms with Gasteiger partial charge in [-0.05, 0) is 115 Å². The van der Waals surface area contributed by atoms with Crippen molar-refractivity contribution in [2.45, 2.75) is 328 Å². The van der Waals surface area contributed by atoms with Crippen LogP contribution in [0.4, 0.5) is 0 Å². The van der Waals surface area contributed by atoms with E-state index in [2.05, 4.69) is 123 Å². The second kappa shape index (κ2) is 65.6. The number of unbranched alkanes of at least 4 members (excludes halogenated alkanes) is 33. The third kappa shape index (κ3) is 66.9. The standard InChI is InChI=1S/C77H137N2O7P/c1-7-10-13-16-19-22-25-28-30-32-34-36-38-39-41-42-44-46-48-51-54-57-60-63-66-69-76(80)78-74(73-85-87(82,83)84-72-71-79(4,5)6)75(68-65-62-59-56-53-50-27-24-21-18-15-12-9-3)86-77(81)70-67-64-61-58-55-52-49-47-45-43-40-37-35-33-31-29-26-23-20-17-14-11-8-2/h11,14,19-20,22-23,28-31,34-37,43,45,65,68,74-75H,7-10,12-13,15-18,21,24-27,32-33,38-42,44,46-64,66-67,69-73H2,1-6H3,(H-,78,80,82,83)/p+1/b14-11-,22-19-,23-20-,30-28-,31-29-,36-34-,37-35-,45-43-,68-65+.